The van der Waals surface area contributed by atoms with Crippen molar-refractivity contribution in [1.82, 2.24) is 4.98 Å². The van der Waals surface area contributed by atoms with Gasteiger partial charge < -0.3 is 10.2 Å². The summed E-state index contributed by atoms with van der Waals surface area (Å²) in [5, 5.41) is 17.2. The maximum Gasteiger partial charge on any atom is 0.337 e. The van der Waals surface area contributed by atoms with Gasteiger partial charge in [0.15, 0.2) is 10.9 Å². The fraction of sp³-hybridized carbons (Fsp3) is 0. The smallest absolute Gasteiger partial charge is 0.337 e. The van der Waals surface area contributed by atoms with E-state index in [0.29, 0.717) is 0 Å². The maximum absolute atomic E-state index is 10.3. The molecule has 0 amide bonds. The van der Waals surface area contributed by atoms with Crippen LogP contribution < -0.4 is 0 Å². The number of aromatic hydroxyl groups is 1. The average Bonchev–Trinajstić information content (AvgIpc) is 1.94. The van der Waals surface area contributed by atoms with Crippen LogP contribution >= 0.6 is 11.6 Å². The molecule has 0 fully saturated rings. The van der Waals surface area contributed by atoms with Gasteiger partial charge in [-0.15, -0.1) is 0 Å². The molecular weight excluding hydrogens is 170 g/mol. The van der Waals surface area contributed by atoms with Crippen molar-refractivity contribution in [3.05, 3.63) is 23.0 Å². The van der Waals surface area contributed by atoms with Crippen LogP contribution in [0.15, 0.2) is 12.3 Å². The normalized spacial score (nSPS) is 9.55. The summed E-state index contributed by atoms with van der Waals surface area (Å²) in [5.74, 6) is -1.48. The highest BCUT2D eigenvalue weighted by molar-refractivity contribution is 6.30. The highest BCUT2D eigenvalue weighted by Gasteiger charge is 2.06. The van der Waals surface area contributed by atoms with Crippen LogP contribution in [0.2, 0.25) is 5.15 Å². The highest BCUT2D eigenvalue weighted by Crippen LogP contribution is 2.20. The molecule has 0 aliphatic carbocycles. The summed E-state index contributed by atoms with van der Waals surface area (Å²) in [6.07, 6.45) is 1.07. The van der Waals surface area contributed by atoms with E-state index in [4.69, 9.17) is 21.8 Å². The second-order valence-electron chi connectivity index (χ2n) is 1.84. The Bertz CT molecular complexity index is 300. The molecule has 5 heteroatoms. The first-order chi connectivity index (χ1) is 5.11. The molecule has 1 aromatic heterocycles. The monoisotopic (exact) mass is 173 g/mol. The molecule has 0 unspecified atom stereocenters. The Kier molecular flexibility index (Phi) is 1.96. The van der Waals surface area contributed by atoms with Gasteiger partial charge >= 0.3 is 5.97 Å². The minimum Gasteiger partial charge on any atom is -0.505 e. The van der Waals surface area contributed by atoms with Crippen molar-refractivity contribution >= 4 is 17.6 Å². The third-order valence-electron chi connectivity index (χ3n) is 1.07. The molecule has 0 atom stereocenters. The van der Waals surface area contributed by atoms with Crippen molar-refractivity contribution in [3.63, 3.8) is 0 Å². The zero-order chi connectivity index (χ0) is 8.43. The third-order valence-corrected chi connectivity index (χ3v) is 1.36. The molecule has 0 aromatic carbocycles. The van der Waals surface area contributed by atoms with Gasteiger partial charge in [0.2, 0.25) is 0 Å². The Morgan fingerprint density at radius 2 is 2.27 bits per heavy atom. The second kappa shape index (κ2) is 2.75. The van der Waals surface area contributed by atoms with Crippen LogP contribution in [-0.2, 0) is 0 Å². The van der Waals surface area contributed by atoms with Gasteiger partial charge in [0.1, 0.15) is 0 Å². The molecule has 1 heterocycles. The molecule has 1 rings (SSSR count). The average molecular weight is 174 g/mol. The van der Waals surface area contributed by atoms with Gasteiger partial charge in [0, 0.05) is 6.20 Å². The number of carboxylic acid groups (broad SMARTS) is 1. The highest BCUT2D eigenvalue weighted by atomic mass is 35.5. The third kappa shape index (κ3) is 1.59. The minimum absolute atomic E-state index is 0.0908. The van der Waals surface area contributed by atoms with Crippen LogP contribution in [0, 0.1) is 0 Å². The number of carboxylic acids is 1. The Hall–Kier alpha value is -1.29. The lowest BCUT2D eigenvalue weighted by Gasteiger charge is -1.95. The Balaban J connectivity index is 3.15. The zero-order valence-corrected chi connectivity index (χ0v) is 6.04. The topological polar surface area (TPSA) is 70.4 Å². The summed E-state index contributed by atoms with van der Waals surface area (Å²) in [5.41, 5.74) is -0.0908. The van der Waals surface area contributed by atoms with Gasteiger partial charge in [0.05, 0.1) is 5.56 Å². The van der Waals surface area contributed by atoms with Crippen molar-refractivity contribution in [3.8, 4) is 5.75 Å². The number of pyridine rings is 1. The molecule has 0 bridgehead atoms. The summed E-state index contributed by atoms with van der Waals surface area (Å²) in [6.45, 7) is 0. The lowest BCUT2D eigenvalue weighted by molar-refractivity contribution is 0.0696. The molecule has 58 valence electrons. The molecule has 0 aliphatic heterocycles. The predicted molar refractivity (Wildman–Crippen MR) is 37.9 cm³/mol. The van der Waals surface area contributed by atoms with E-state index >= 15 is 0 Å². The summed E-state index contributed by atoms with van der Waals surface area (Å²) in [7, 11) is 0. The lowest BCUT2D eigenvalue weighted by atomic mass is 10.3. The van der Waals surface area contributed by atoms with Crippen LogP contribution in [0.25, 0.3) is 0 Å². The van der Waals surface area contributed by atoms with Crippen molar-refractivity contribution in [2.45, 2.75) is 0 Å². The van der Waals surface area contributed by atoms with E-state index in [1.807, 2.05) is 0 Å². The second-order valence-corrected chi connectivity index (χ2v) is 2.20. The number of rotatable bonds is 1. The zero-order valence-electron chi connectivity index (χ0n) is 5.28. The van der Waals surface area contributed by atoms with E-state index in [2.05, 4.69) is 4.98 Å². The first-order valence-corrected chi connectivity index (χ1v) is 3.07. The van der Waals surface area contributed by atoms with Gasteiger partial charge in [-0.25, -0.2) is 9.78 Å². The number of halogens is 1. The van der Waals surface area contributed by atoms with Crippen LogP contribution in [0.5, 0.6) is 5.75 Å². The molecule has 0 saturated carbocycles. The van der Waals surface area contributed by atoms with Gasteiger partial charge in [-0.05, 0) is 6.07 Å². The summed E-state index contributed by atoms with van der Waals surface area (Å²) in [4.78, 5) is 13.7. The summed E-state index contributed by atoms with van der Waals surface area (Å²) >= 11 is 5.33. The molecular formula is C6H4ClNO3. The SMILES string of the molecule is O=C(O)c1cnc(Cl)c(O)c1. The fourth-order valence-corrected chi connectivity index (χ4v) is 0.657. The van der Waals surface area contributed by atoms with Crippen molar-refractivity contribution in [2.24, 2.45) is 0 Å². The fourth-order valence-electron chi connectivity index (χ4n) is 0.553. The molecule has 0 saturated heterocycles. The molecule has 2 N–H and O–H groups in total. The number of carbonyl (C=O) groups is 1. The van der Waals surface area contributed by atoms with E-state index < -0.39 is 5.97 Å². The van der Waals surface area contributed by atoms with Gasteiger partial charge in [0.25, 0.3) is 0 Å². The van der Waals surface area contributed by atoms with Gasteiger partial charge in [-0.2, -0.15) is 0 Å². The van der Waals surface area contributed by atoms with E-state index in [9.17, 15) is 4.79 Å². The van der Waals surface area contributed by atoms with Crippen molar-refractivity contribution in [2.75, 3.05) is 0 Å². The predicted octanol–water partition coefficient (Wildman–Crippen LogP) is 1.14. The van der Waals surface area contributed by atoms with Crippen LogP contribution in [0.1, 0.15) is 10.4 Å². The van der Waals surface area contributed by atoms with E-state index in [0.717, 1.165) is 12.3 Å². The molecule has 4 nitrogen and oxygen atoms in total. The van der Waals surface area contributed by atoms with E-state index in [1.54, 1.807) is 0 Å². The molecule has 11 heavy (non-hydrogen) atoms. The number of aromatic carboxylic acids is 1. The van der Waals surface area contributed by atoms with Crippen LogP contribution in [0.3, 0.4) is 0 Å². The molecule has 0 spiro atoms. The first-order valence-electron chi connectivity index (χ1n) is 2.69. The lowest BCUT2D eigenvalue weighted by Crippen LogP contribution is -1.96. The molecule has 0 aliphatic rings. The minimum atomic E-state index is -1.15. The Morgan fingerprint density at radius 1 is 1.64 bits per heavy atom. The largest absolute Gasteiger partial charge is 0.505 e. The Labute approximate surface area is 67.1 Å². The number of nitrogens with zero attached hydrogens (tertiary/aromatic N) is 1. The van der Waals surface area contributed by atoms with E-state index in [-0.39, 0.29) is 16.5 Å². The quantitative estimate of drug-likeness (QED) is 0.625. The van der Waals surface area contributed by atoms with Gasteiger partial charge in [-0.3, -0.25) is 0 Å². The van der Waals surface area contributed by atoms with Gasteiger partial charge in [-0.1, -0.05) is 11.6 Å². The van der Waals surface area contributed by atoms with Crippen LogP contribution in [-0.4, -0.2) is 21.2 Å². The number of hydrogen-bond acceptors (Lipinski definition) is 3. The molecule has 1 aromatic rings. The standard InChI is InChI=1S/C6H4ClNO3/c7-5-4(9)1-3(2-8-5)6(10)11/h1-2,9H,(H,10,11). The van der Waals surface area contributed by atoms with Crippen molar-refractivity contribution in [1.29, 1.82) is 0 Å². The summed E-state index contributed by atoms with van der Waals surface area (Å²) in [6, 6.07) is 1.04. The van der Waals surface area contributed by atoms with E-state index in [1.165, 1.54) is 0 Å². The molecule has 0 radical (unpaired) electrons. The summed E-state index contributed by atoms with van der Waals surface area (Å²) < 4.78 is 0. The number of hydrogen-bond donors (Lipinski definition) is 2. The first kappa shape index (κ1) is 7.81. The number of aromatic nitrogens is 1. The maximum atomic E-state index is 10.3. The van der Waals surface area contributed by atoms with Crippen LogP contribution in [0.4, 0.5) is 0 Å². The Morgan fingerprint density at radius 3 is 2.73 bits per heavy atom. The van der Waals surface area contributed by atoms with Crippen molar-refractivity contribution < 1.29 is 15.0 Å².